The molecule has 0 spiro atoms. The SMILES string of the molecule is CCN(CC)S(=O)(=O)c1ccc(NC(=O)CSc2nncn2CC)cc1. The third kappa shape index (κ3) is 4.83. The van der Waals surface area contributed by atoms with Gasteiger partial charge in [-0.15, -0.1) is 10.2 Å². The Morgan fingerprint density at radius 3 is 2.42 bits per heavy atom. The van der Waals surface area contributed by atoms with Crippen LogP contribution in [0.3, 0.4) is 0 Å². The minimum atomic E-state index is -3.50. The molecule has 1 heterocycles. The summed E-state index contributed by atoms with van der Waals surface area (Å²) in [5.74, 6) is -0.00179. The lowest BCUT2D eigenvalue weighted by Gasteiger charge is -2.18. The third-order valence-corrected chi connectivity index (χ3v) is 6.78. The quantitative estimate of drug-likeness (QED) is 0.651. The van der Waals surface area contributed by atoms with Crippen molar-refractivity contribution in [3.8, 4) is 0 Å². The van der Waals surface area contributed by atoms with Crippen LogP contribution in [0.5, 0.6) is 0 Å². The Balaban J connectivity index is 1.97. The second-order valence-electron chi connectivity index (χ2n) is 5.35. The Bertz CT molecular complexity index is 830. The maximum absolute atomic E-state index is 12.4. The summed E-state index contributed by atoms with van der Waals surface area (Å²) in [4.78, 5) is 12.3. The van der Waals surface area contributed by atoms with Crippen LogP contribution in [-0.4, -0.2) is 52.2 Å². The van der Waals surface area contributed by atoms with E-state index in [0.29, 0.717) is 23.9 Å². The zero-order valence-corrected chi connectivity index (χ0v) is 16.7. The number of thioether (sulfide) groups is 1. The largest absolute Gasteiger partial charge is 0.325 e. The molecule has 1 amide bonds. The average molecular weight is 398 g/mol. The molecule has 10 heteroatoms. The molecule has 0 fully saturated rings. The van der Waals surface area contributed by atoms with Gasteiger partial charge >= 0.3 is 0 Å². The number of benzene rings is 1. The van der Waals surface area contributed by atoms with E-state index in [1.807, 2.05) is 11.5 Å². The molecule has 8 nitrogen and oxygen atoms in total. The Morgan fingerprint density at radius 1 is 1.19 bits per heavy atom. The second-order valence-corrected chi connectivity index (χ2v) is 8.23. The lowest BCUT2D eigenvalue weighted by atomic mass is 10.3. The van der Waals surface area contributed by atoms with Crippen molar-refractivity contribution in [2.45, 2.75) is 37.4 Å². The number of nitrogens with zero attached hydrogens (tertiary/aromatic N) is 4. The number of sulfonamides is 1. The number of anilines is 1. The molecule has 0 atom stereocenters. The summed E-state index contributed by atoms with van der Waals surface area (Å²) in [6.45, 7) is 7.13. The predicted molar refractivity (Wildman–Crippen MR) is 102 cm³/mol. The van der Waals surface area contributed by atoms with Crippen molar-refractivity contribution in [1.82, 2.24) is 19.1 Å². The molecule has 0 unspecified atom stereocenters. The van der Waals surface area contributed by atoms with Gasteiger partial charge in [-0.05, 0) is 31.2 Å². The van der Waals surface area contributed by atoms with Crippen LogP contribution in [0.15, 0.2) is 40.6 Å². The molecule has 1 aromatic heterocycles. The highest BCUT2D eigenvalue weighted by Crippen LogP contribution is 2.19. The highest BCUT2D eigenvalue weighted by Gasteiger charge is 2.21. The molecule has 142 valence electrons. The van der Waals surface area contributed by atoms with Crippen LogP contribution in [0.25, 0.3) is 0 Å². The molecule has 1 aromatic carbocycles. The lowest BCUT2D eigenvalue weighted by molar-refractivity contribution is -0.113. The van der Waals surface area contributed by atoms with Gasteiger partial charge in [0, 0.05) is 25.3 Å². The fourth-order valence-corrected chi connectivity index (χ4v) is 4.56. The second kappa shape index (κ2) is 9.15. The summed E-state index contributed by atoms with van der Waals surface area (Å²) in [6, 6.07) is 6.19. The number of carbonyl (C=O) groups excluding carboxylic acids is 1. The van der Waals surface area contributed by atoms with E-state index < -0.39 is 10.0 Å². The van der Waals surface area contributed by atoms with Gasteiger partial charge in [-0.2, -0.15) is 4.31 Å². The fraction of sp³-hybridized carbons (Fsp3) is 0.438. The lowest BCUT2D eigenvalue weighted by Crippen LogP contribution is -2.30. The van der Waals surface area contributed by atoms with Gasteiger partial charge < -0.3 is 9.88 Å². The maximum Gasteiger partial charge on any atom is 0.243 e. The summed E-state index contributed by atoms with van der Waals surface area (Å²) < 4.78 is 28.1. The maximum atomic E-state index is 12.4. The van der Waals surface area contributed by atoms with E-state index in [4.69, 9.17) is 0 Å². The summed E-state index contributed by atoms with van der Waals surface area (Å²) in [6.07, 6.45) is 1.62. The van der Waals surface area contributed by atoms with Gasteiger partial charge in [0.1, 0.15) is 6.33 Å². The van der Waals surface area contributed by atoms with Crippen LogP contribution >= 0.6 is 11.8 Å². The normalized spacial score (nSPS) is 11.7. The van der Waals surface area contributed by atoms with Crippen molar-refractivity contribution in [1.29, 1.82) is 0 Å². The van der Waals surface area contributed by atoms with Gasteiger partial charge in [0.25, 0.3) is 0 Å². The van der Waals surface area contributed by atoms with Crippen LogP contribution < -0.4 is 5.32 Å². The molecule has 0 radical (unpaired) electrons. The topological polar surface area (TPSA) is 97.2 Å². The van der Waals surface area contributed by atoms with Gasteiger partial charge in [-0.1, -0.05) is 25.6 Å². The number of rotatable bonds is 9. The van der Waals surface area contributed by atoms with Crippen LogP contribution in [0.4, 0.5) is 5.69 Å². The summed E-state index contributed by atoms with van der Waals surface area (Å²) in [5.41, 5.74) is 0.547. The first kappa shape index (κ1) is 20.4. The van der Waals surface area contributed by atoms with Crippen molar-refractivity contribution in [2.75, 3.05) is 24.2 Å². The van der Waals surface area contributed by atoms with Crippen LogP contribution in [0, 0.1) is 0 Å². The van der Waals surface area contributed by atoms with Crippen molar-refractivity contribution in [3.63, 3.8) is 0 Å². The zero-order valence-electron chi connectivity index (χ0n) is 15.0. The van der Waals surface area contributed by atoms with Crippen molar-refractivity contribution >= 4 is 33.4 Å². The first-order valence-corrected chi connectivity index (χ1v) is 10.8. The molecule has 0 saturated heterocycles. The van der Waals surface area contributed by atoms with Crippen LogP contribution in [0.2, 0.25) is 0 Å². The summed E-state index contributed by atoms with van der Waals surface area (Å²) >= 11 is 1.30. The van der Waals surface area contributed by atoms with Crippen molar-refractivity contribution in [3.05, 3.63) is 30.6 Å². The van der Waals surface area contributed by atoms with E-state index in [2.05, 4.69) is 15.5 Å². The highest BCUT2D eigenvalue weighted by atomic mass is 32.2. The Hall–Kier alpha value is -1.91. The number of nitrogens with one attached hydrogen (secondary N) is 1. The van der Waals surface area contributed by atoms with Crippen LogP contribution in [-0.2, 0) is 21.4 Å². The monoisotopic (exact) mass is 397 g/mol. The number of hydrogen-bond acceptors (Lipinski definition) is 6. The van der Waals surface area contributed by atoms with Gasteiger partial charge in [0.2, 0.25) is 15.9 Å². The van der Waals surface area contributed by atoms with Crippen molar-refractivity contribution in [2.24, 2.45) is 0 Å². The molecule has 0 aliphatic heterocycles. The number of hydrogen-bond donors (Lipinski definition) is 1. The van der Waals surface area contributed by atoms with E-state index in [-0.39, 0.29) is 16.6 Å². The average Bonchev–Trinajstić information content (AvgIpc) is 3.09. The van der Waals surface area contributed by atoms with E-state index in [1.165, 1.54) is 28.2 Å². The molecule has 0 bridgehead atoms. The number of aryl methyl sites for hydroxylation is 1. The molecule has 26 heavy (non-hydrogen) atoms. The Labute approximate surface area is 158 Å². The molecule has 2 rings (SSSR count). The fourth-order valence-electron chi connectivity index (χ4n) is 2.32. The molecule has 2 aromatic rings. The minimum absolute atomic E-state index is 0.193. The number of amides is 1. The van der Waals surface area contributed by atoms with Crippen LogP contribution in [0.1, 0.15) is 20.8 Å². The molecule has 0 aliphatic carbocycles. The van der Waals surface area contributed by atoms with E-state index in [0.717, 1.165) is 6.54 Å². The van der Waals surface area contributed by atoms with Gasteiger partial charge in [0.15, 0.2) is 5.16 Å². The summed E-state index contributed by atoms with van der Waals surface area (Å²) in [7, 11) is -3.50. The smallest absolute Gasteiger partial charge is 0.243 e. The van der Waals surface area contributed by atoms with Gasteiger partial charge in [-0.25, -0.2) is 8.42 Å². The standard InChI is InChI=1S/C16H23N5O3S2/c1-4-20-12-17-19-16(20)25-11-15(22)18-13-7-9-14(10-8-13)26(23,24)21(5-2)6-3/h7-10,12H,4-6,11H2,1-3H3,(H,18,22). The van der Waals surface area contributed by atoms with E-state index in [1.54, 1.807) is 32.3 Å². The van der Waals surface area contributed by atoms with E-state index in [9.17, 15) is 13.2 Å². The number of carbonyl (C=O) groups is 1. The predicted octanol–water partition coefficient (Wildman–Crippen LogP) is 2.06. The zero-order chi connectivity index (χ0) is 19.2. The minimum Gasteiger partial charge on any atom is -0.325 e. The highest BCUT2D eigenvalue weighted by molar-refractivity contribution is 7.99. The molecular weight excluding hydrogens is 374 g/mol. The Morgan fingerprint density at radius 2 is 1.85 bits per heavy atom. The molecule has 0 aliphatic rings. The molecule has 1 N–H and O–H groups in total. The first-order chi connectivity index (χ1) is 12.4. The molecule has 0 saturated carbocycles. The Kier molecular flexibility index (Phi) is 7.18. The van der Waals surface area contributed by atoms with Gasteiger partial charge in [0.05, 0.1) is 10.6 Å². The first-order valence-electron chi connectivity index (χ1n) is 8.33. The summed E-state index contributed by atoms with van der Waals surface area (Å²) in [5, 5.41) is 11.2. The molecular formula is C16H23N5O3S2. The van der Waals surface area contributed by atoms with E-state index >= 15 is 0 Å². The van der Waals surface area contributed by atoms with Gasteiger partial charge in [-0.3, -0.25) is 4.79 Å². The third-order valence-electron chi connectivity index (χ3n) is 3.73. The van der Waals surface area contributed by atoms with Crippen molar-refractivity contribution < 1.29 is 13.2 Å². The number of aromatic nitrogens is 3.